The summed E-state index contributed by atoms with van der Waals surface area (Å²) in [6, 6.07) is 13.1. The number of nitrogens with zero attached hydrogens (tertiary/aromatic N) is 4. The fourth-order valence-electron chi connectivity index (χ4n) is 4.28. The lowest BCUT2D eigenvalue weighted by Gasteiger charge is -2.45. The summed E-state index contributed by atoms with van der Waals surface area (Å²) in [5, 5.41) is 29.6. The van der Waals surface area contributed by atoms with E-state index in [0.717, 1.165) is 12.1 Å². The number of ether oxygens (including phenoxy) is 1. The first-order valence-corrected chi connectivity index (χ1v) is 9.31. The Labute approximate surface area is 169 Å². The summed E-state index contributed by atoms with van der Waals surface area (Å²) in [5.74, 6) is -1.09. The highest BCUT2D eigenvalue weighted by Crippen LogP contribution is 2.52. The third-order valence-corrected chi connectivity index (χ3v) is 5.86. The van der Waals surface area contributed by atoms with Crippen LogP contribution in [0, 0.1) is 45.3 Å². The third-order valence-electron chi connectivity index (χ3n) is 5.86. The molecule has 1 aliphatic carbocycles. The molecule has 0 unspecified atom stereocenters. The van der Waals surface area contributed by atoms with Gasteiger partial charge in [-0.15, -0.1) is 0 Å². The zero-order valence-electron chi connectivity index (χ0n) is 16.3. The normalized spacial score (nSPS) is 23.1. The maximum Gasteiger partial charge on any atom is 0.337 e. The van der Waals surface area contributed by atoms with Crippen LogP contribution in [0.15, 0.2) is 47.2 Å². The zero-order chi connectivity index (χ0) is 21.2. The van der Waals surface area contributed by atoms with Crippen molar-refractivity contribution in [1.29, 1.82) is 15.8 Å². The molecule has 1 aromatic carbocycles. The molecule has 2 atom stereocenters. The van der Waals surface area contributed by atoms with E-state index in [1.54, 1.807) is 24.3 Å². The molecular weight excluding hydrogens is 366 g/mol. The minimum absolute atomic E-state index is 0.000470. The number of methoxy groups -OCH3 is 1. The predicted molar refractivity (Wildman–Crippen MR) is 105 cm³/mol. The molecule has 0 aromatic heterocycles. The molecule has 1 heterocycles. The van der Waals surface area contributed by atoms with E-state index in [4.69, 9.17) is 10.5 Å². The summed E-state index contributed by atoms with van der Waals surface area (Å²) in [6.07, 6.45) is 1.90. The van der Waals surface area contributed by atoms with Gasteiger partial charge in [-0.2, -0.15) is 15.8 Å². The van der Waals surface area contributed by atoms with E-state index >= 15 is 0 Å². The Morgan fingerprint density at radius 1 is 1.28 bits per heavy atom. The second kappa shape index (κ2) is 7.80. The number of nitriles is 3. The first-order chi connectivity index (χ1) is 14.0. The van der Waals surface area contributed by atoms with Gasteiger partial charge in [0, 0.05) is 24.9 Å². The van der Waals surface area contributed by atoms with Crippen LogP contribution in [-0.2, 0) is 4.74 Å². The topological polar surface area (TPSA) is 127 Å². The summed E-state index contributed by atoms with van der Waals surface area (Å²) in [7, 11) is 1.32. The average molecular weight is 387 g/mol. The van der Waals surface area contributed by atoms with Gasteiger partial charge in [0.2, 0.25) is 5.41 Å². The molecule has 29 heavy (non-hydrogen) atoms. The van der Waals surface area contributed by atoms with Crippen molar-refractivity contribution < 1.29 is 9.53 Å². The molecule has 0 radical (unpaired) electrons. The Kier molecular flexibility index (Phi) is 5.41. The van der Waals surface area contributed by atoms with E-state index in [9.17, 15) is 20.6 Å². The van der Waals surface area contributed by atoms with Crippen LogP contribution in [0.3, 0.4) is 0 Å². The first kappa shape index (κ1) is 20.1. The fraction of sp³-hybridized carbons (Fsp3) is 0.364. The van der Waals surface area contributed by atoms with Crippen LogP contribution in [0.25, 0.3) is 0 Å². The van der Waals surface area contributed by atoms with Gasteiger partial charge in [0.15, 0.2) is 0 Å². The molecule has 1 aromatic rings. The van der Waals surface area contributed by atoms with E-state index in [-0.39, 0.29) is 17.2 Å². The van der Waals surface area contributed by atoms with Crippen molar-refractivity contribution in [1.82, 2.24) is 4.90 Å². The van der Waals surface area contributed by atoms with Gasteiger partial charge in [-0.25, -0.2) is 4.79 Å². The van der Waals surface area contributed by atoms with Gasteiger partial charge in [-0.1, -0.05) is 25.1 Å². The number of carbonyl (C=O) groups excluding carboxylic acids is 1. The monoisotopic (exact) mass is 387 g/mol. The highest BCUT2D eigenvalue weighted by molar-refractivity contribution is 5.89. The fourth-order valence-corrected chi connectivity index (χ4v) is 4.28. The molecule has 0 fully saturated rings. The summed E-state index contributed by atoms with van der Waals surface area (Å²) < 4.78 is 4.74. The van der Waals surface area contributed by atoms with Crippen LogP contribution in [0.2, 0.25) is 0 Å². The predicted octanol–water partition coefficient (Wildman–Crippen LogP) is 2.22. The van der Waals surface area contributed by atoms with Crippen molar-refractivity contribution in [3.05, 3.63) is 58.3 Å². The highest BCUT2D eigenvalue weighted by atomic mass is 16.5. The highest BCUT2D eigenvalue weighted by Gasteiger charge is 2.52. The minimum atomic E-state index is -1.63. The number of nitrogens with two attached hydrogens (primary N) is 1. The molecule has 0 amide bonds. The van der Waals surface area contributed by atoms with Crippen LogP contribution in [0.4, 0.5) is 0 Å². The Morgan fingerprint density at radius 3 is 2.45 bits per heavy atom. The molecule has 2 N–H and O–H groups in total. The molecule has 3 rings (SSSR count). The third kappa shape index (κ3) is 3.05. The summed E-state index contributed by atoms with van der Waals surface area (Å²) in [6.45, 7) is 4.08. The van der Waals surface area contributed by atoms with Gasteiger partial charge in [0.05, 0.1) is 42.2 Å². The van der Waals surface area contributed by atoms with Crippen molar-refractivity contribution in [3.8, 4) is 18.2 Å². The van der Waals surface area contributed by atoms with E-state index in [2.05, 4.69) is 23.1 Å². The number of fused-ring (bicyclic) bond motifs is 1. The average Bonchev–Trinajstić information content (AvgIpc) is 2.78. The smallest absolute Gasteiger partial charge is 0.337 e. The Balaban J connectivity index is 2.21. The molecule has 146 valence electrons. The maximum atomic E-state index is 11.8. The molecule has 2 aliphatic rings. The minimum Gasteiger partial charge on any atom is -0.465 e. The van der Waals surface area contributed by atoms with Crippen molar-refractivity contribution >= 4 is 5.97 Å². The van der Waals surface area contributed by atoms with E-state index < -0.39 is 17.3 Å². The maximum absolute atomic E-state index is 11.8. The Bertz CT molecular complexity index is 1000. The molecular formula is C22H21N5O2. The van der Waals surface area contributed by atoms with Crippen LogP contribution >= 0.6 is 0 Å². The largest absolute Gasteiger partial charge is 0.465 e. The molecule has 7 heteroatoms. The van der Waals surface area contributed by atoms with E-state index in [1.807, 2.05) is 13.0 Å². The zero-order valence-corrected chi connectivity index (χ0v) is 16.3. The van der Waals surface area contributed by atoms with E-state index in [0.29, 0.717) is 24.2 Å². The number of hydrogen-bond acceptors (Lipinski definition) is 7. The van der Waals surface area contributed by atoms with Gasteiger partial charge < -0.3 is 10.5 Å². The standard InChI is InChI=1S/C22H21N5O2/c1-3-27-9-8-18-17(11-27)19(14-4-6-15(7-5-14)21(28)29-2)16(10-23)20(26)22(18,12-24)13-25/h4-8,17,19H,3,9,11,26H2,1-2H3/t17-,19-/m1/s1. The van der Waals surface area contributed by atoms with Gasteiger partial charge in [0.1, 0.15) is 0 Å². The van der Waals surface area contributed by atoms with Gasteiger partial charge in [-0.05, 0) is 29.8 Å². The molecule has 0 saturated heterocycles. The number of rotatable bonds is 3. The SMILES string of the molecule is CCN1CC=C2[C@@H](C1)[C@H](c1ccc(C(=O)OC)cc1)C(C#N)=C(N)C2(C#N)C#N. The number of allylic oxidation sites excluding steroid dienone is 2. The second-order valence-electron chi connectivity index (χ2n) is 7.12. The van der Waals surface area contributed by atoms with Crippen LogP contribution < -0.4 is 5.73 Å². The molecule has 7 nitrogen and oxygen atoms in total. The molecule has 0 spiro atoms. The van der Waals surface area contributed by atoms with Crippen molar-refractivity contribution in [3.63, 3.8) is 0 Å². The summed E-state index contributed by atoms with van der Waals surface area (Å²) in [5.41, 5.74) is 6.75. The van der Waals surface area contributed by atoms with Gasteiger partial charge in [-0.3, -0.25) is 4.90 Å². The Morgan fingerprint density at radius 2 is 1.93 bits per heavy atom. The second-order valence-corrected chi connectivity index (χ2v) is 7.12. The molecule has 0 saturated carbocycles. The van der Waals surface area contributed by atoms with Crippen molar-refractivity contribution in [2.45, 2.75) is 12.8 Å². The number of carbonyl (C=O) groups is 1. The number of hydrogen-bond donors (Lipinski definition) is 1. The summed E-state index contributed by atoms with van der Waals surface area (Å²) >= 11 is 0. The molecule has 0 bridgehead atoms. The Hall–Kier alpha value is -3.60. The van der Waals surface area contributed by atoms with Crippen LogP contribution in [0.5, 0.6) is 0 Å². The lowest BCUT2D eigenvalue weighted by atomic mass is 9.60. The van der Waals surface area contributed by atoms with Gasteiger partial charge >= 0.3 is 5.97 Å². The van der Waals surface area contributed by atoms with Crippen LogP contribution in [-0.4, -0.2) is 37.6 Å². The first-order valence-electron chi connectivity index (χ1n) is 9.31. The molecule has 1 aliphatic heterocycles. The number of benzene rings is 1. The lowest BCUT2D eigenvalue weighted by Crippen LogP contribution is -2.47. The van der Waals surface area contributed by atoms with Crippen molar-refractivity contribution in [2.24, 2.45) is 17.1 Å². The quantitative estimate of drug-likeness (QED) is 0.622. The number of esters is 1. The number of likely N-dealkylation sites (N-methyl/N-ethyl adjacent to an activating group) is 1. The van der Waals surface area contributed by atoms with Gasteiger partial charge in [0.25, 0.3) is 0 Å². The summed E-state index contributed by atoms with van der Waals surface area (Å²) in [4.78, 5) is 13.9. The van der Waals surface area contributed by atoms with Crippen molar-refractivity contribution in [2.75, 3.05) is 26.7 Å². The van der Waals surface area contributed by atoms with Crippen LogP contribution in [0.1, 0.15) is 28.8 Å². The van der Waals surface area contributed by atoms with E-state index in [1.165, 1.54) is 7.11 Å². The lowest BCUT2D eigenvalue weighted by molar-refractivity contribution is 0.0600.